The molecule has 28 heavy (non-hydrogen) atoms. The number of rotatable bonds is 3. The van der Waals surface area contributed by atoms with Gasteiger partial charge in [-0.1, -0.05) is 11.6 Å². The minimum Gasteiger partial charge on any atom is -0.379 e. The van der Waals surface area contributed by atoms with Gasteiger partial charge in [0, 0.05) is 50.2 Å². The summed E-state index contributed by atoms with van der Waals surface area (Å²) in [6.45, 7) is 5.62. The lowest BCUT2D eigenvalue weighted by Crippen LogP contribution is -2.53. The van der Waals surface area contributed by atoms with Gasteiger partial charge in [0.05, 0.1) is 25.3 Å². The lowest BCUT2D eigenvalue weighted by atomic mass is 10.1. The Bertz CT molecular complexity index is 877. The normalized spacial score (nSPS) is 18.5. The van der Waals surface area contributed by atoms with Crippen LogP contribution in [0.1, 0.15) is 10.4 Å². The fourth-order valence-electron chi connectivity index (χ4n) is 3.63. The van der Waals surface area contributed by atoms with E-state index in [0.29, 0.717) is 56.7 Å². The molecule has 0 aliphatic carbocycles. The molecule has 2 fully saturated rings. The number of ether oxygens (including phenoxy) is 1. The summed E-state index contributed by atoms with van der Waals surface area (Å²) in [5.74, 6) is 0.111. The Balaban J connectivity index is 1.34. The van der Waals surface area contributed by atoms with Gasteiger partial charge in [-0.25, -0.2) is 4.98 Å². The third-order valence-electron chi connectivity index (χ3n) is 5.28. The maximum atomic E-state index is 12.9. The number of hydrogen-bond acceptors (Lipinski definition) is 5. The Labute approximate surface area is 168 Å². The van der Waals surface area contributed by atoms with Crippen molar-refractivity contribution in [3.8, 4) is 0 Å². The Morgan fingerprint density at radius 1 is 0.964 bits per heavy atom. The second-order valence-electron chi connectivity index (χ2n) is 7.10. The van der Waals surface area contributed by atoms with E-state index in [2.05, 4.69) is 9.88 Å². The highest BCUT2D eigenvalue weighted by atomic mass is 35.5. The molecule has 0 N–H and O–H groups in total. The molecule has 2 aliphatic heterocycles. The largest absolute Gasteiger partial charge is 0.379 e. The third-order valence-corrected chi connectivity index (χ3v) is 5.49. The van der Waals surface area contributed by atoms with Crippen molar-refractivity contribution in [3.63, 3.8) is 0 Å². The van der Waals surface area contributed by atoms with Crippen LogP contribution in [0.5, 0.6) is 0 Å². The van der Waals surface area contributed by atoms with E-state index in [1.54, 1.807) is 12.1 Å². The highest BCUT2D eigenvalue weighted by Crippen LogP contribution is 2.19. The molecule has 0 atom stereocenters. The summed E-state index contributed by atoms with van der Waals surface area (Å²) in [6.07, 6.45) is 0. The van der Waals surface area contributed by atoms with Gasteiger partial charge in [-0.15, -0.1) is 0 Å². The van der Waals surface area contributed by atoms with Gasteiger partial charge in [-0.05, 0) is 30.3 Å². The minimum absolute atomic E-state index is 0.0165. The number of morpholine rings is 1. The Morgan fingerprint density at radius 2 is 1.68 bits per heavy atom. The number of carbonyl (C=O) groups excluding carboxylic acids is 2. The van der Waals surface area contributed by atoms with E-state index in [-0.39, 0.29) is 11.8 Å². The number of piperazine rings is 1. The molecule has 148 valence electrons. The molecule has 0 spiro atoms. The molecule has 2 aromatic rings. The maximum absolute atomic E-state index is 12.9. The number of pyridine rings is 1. The van der Waals surface area contributed by atoms with Crippen LogP contribution in [0.2, 0.25) is 5.15 Å². The van der Waals surface area contributed by atoms with E-state index >= 15 is 0 Å². The molecule has 3 heterocycles. The smallest absolute Gasteiger partial charge is 0.253 e. The number of halogens is 1. The van der Waals surface area contributed by atoms with E-state index in [4.69, 9.17) is 16.3 Å². The Kier molecular flexibility index (Phi) is 5.75. The molecule has 2 amide bonds. The van der Waals surface area contributed by atoms with Crippen molar-refractivity contribution in [2.24, 2.45) is 0 Å². The van der Waals surface area contributed by atoms with Gasteiger partial charge in [0.2, 0.25) is 5.91 Å². The van der Waals surface area contributed by atoms with Crippen molar-refractivity contribution in [1.29, 1.82) is 0 Å². The second-order valence-corrected chi connectivity index (χ2v) is 7.49. The van der Waals surface area contributed by atoms with Gasteiger partial charge in [0.15, 0.2) is 0 Å². The molecule has 1 aromatic carbocycles. The van der Waals surface area contributed by atoms with Gasteiger partial charge < -0.3 is 14.5 Å². The summed E-state index contributed by atoms with van der Waals surface area (Å²) in [5.41, 5.74) is 1.40. The van der Waals surface area contributed by atoms with Crippen LogP contribution in [0.3, 0.4) is 0 Å². The molecule has 2 saturated heterocycles. The summed E-state index contributed by atoms with van der Waals surface area (Å²) in [4.78, 5) is 35.4. The number of aromatic nitrogens is 1. The first-order valence-corrected chi connectivity index (χ1v) is 9.91. The number of hydrogen-bond donors (Lipinski definition) is 0. The van der Waals surface area contributed by atoms with Crippen LogP contribution in [0, 0.1) is 0 Å². The highest BCUT2D eigenvalue weighted by Gasteiger charge is 2.26. The summed E-state index contributed by atoms with van der Waals surface area (Å²) >= 11 is 5.92. The zero-order chi connectivity index (χ0) is 19.5. The van der Waals surface area contributed by atoms with E-state index in [1.807, 2.05) is 28.0 Å². The minimum atomic E-state index is -0.0165. The molecule has 4 rings (SSSR count). The lowest BCUT2D eigenvalue weighted by Gasteiger charge is -2.36. The summed E-state index contributed by atoms with van der Waals surface area (Å²) < 4.78 is 5.32. The number of carbonyl (C=O) groups is 2. The van der Waals surface area contributed by atoms with Gasteiger partial charge in [0.1, 0.15) is 5.15 Å². The van der Waals surface area contributed by atoms with Crippen LogP contribution in [0.4, 0.5) is 0 Å². The lowest BCUT2D eigenvalue weighted by molar-refractivity contribution is -0.134. The topological polar surface area (TPSA) is 66.0 Å². The monoisotopic (exact) mass is 402 g/mol. The molecule has 0 unspecified atom stereocenters. The van der Waals surface area contributed by atoms with E-state index in [9.17, 15) is 9.59 Å². The average molecular weight is 403 g/mol. The maximum Gasteiger partial charge on any atom is 0.253 e. The van der Waals surface area contributed by atoms with E-state index in [1.165, 1.54) is 0 Å². The van der Waals surface area contributed by atoms with Crippen LogP contribution >= 0.6 is 11.6 Å². The number of nitrogens with zero attached hydrogens (tertiary/aromatic N) is 4. The molecule has 7 nitrogen and oxygen atoms in total. The number of amides is 2. The molecular formula is C20H23ClN4O3. The zero-order valence-electron chi connectivity index (χ0n) is 15.6. The molecule has 0 bridgehead atoms. The fourth-order valence-corrected chi connectivity index (χ4v) is 3.78. The standard InChI is InChI=1S/C20H23ClN4O3/c21-18-4-2-15-13-16(1-3-17(15)22-18)20(27)25-7-5-24(6-8-25)19(26)14-23-9-11-28-12-10-23/h1-4,13H,5-12,14H2. The molecule has 0 saturated carbocycles. The Morgan fingerprint density at radius 3 is 2.43 bits per heavy atom. The Hall–Kier alpha value is -2.22. The summed E-state index contributed by atoms with van der Waals surface area (Å²) in [5, 5.41) is 1.32. The van der Waals surface area contributed by atoms with Crippen molar-refractivity contribution < 1.29 is 14.3 Å². The molecular weight excluding hydrogens is 380 g/mol. The van der Waals surface area contributed by atoms with Crippen LogP contribution in [-0.2, 0) is 9.53 Å². The molecule has 2 aliphatic rings. The fraction of sp³-hybridized carbons (Fsp3) is 0.450. The highest BCUT2D eigenvalue weighted by molar-refractivity contribution is 6.29. The summed E-state index contributed by atoms with van der Waals surface area (Å²) in [6, 6.07) is 9.03. The van der Waals surface area contributed by atoms with Crippen molar-refractivity contribution in [2.45, 2.75) is 0 Å². The SMILES string of the molecule is O=C(CN1CCOCC1)N1CCN(C(=O)c2ccc3nc(Cl)ccc3c2)CC1. The number of fused-ring (bicyclic) bond motifs is 1. The predicted molar refractivity (Wildman–Crippen MR) is 106 cm³/mol. The number of benzene rings is 1. The van der Waals surface area contributed by atoms with Crippen molar-refractivity contribution in [1.82, 2.24) is 19.7 Å². The quantitative estimate of drug-likeness (QED) is 0.728. The molecule has 1 aromatic heterocycles. The summed E-state index contributed by atoms with van der Waals surface area (Å²) in [7, 11) is 0. The van der Waals surface area contributed by atoms with Gasteiger partial charge in [-0.3, -0.25) is 14.5 Å². The van der Waals surface area contributed by atoms with Gasteiger partial charge >= 0.3 is 0 Å². The van der Waals surface area contributed by atoms with Gasteiger partial charge in [-0.2, -0.15) is 0 Å². The van der Waals surface area contributed by atoms with Crippen LogP contribution in [0.25, 0.3) is 10.9 Å². The zero-order valence-corrected chi connectivity index (χ0v) is 16.4. The first kappa shape index (κ1) is 19.1. The van der Waals surface area contributed by atoms with Crippen LogP contribution in [-0.4, -0.2) is 90.5 Å². The van der Waals surface area contributed by atoms with Gasteiger partial charge in [0.25, 0.3) is 5.91 Å². The molecule has 8 heteroatoms. The predicted octanol–water partition coefficient (Wildman–Crippen LogP) is 1.50. The van der Waals surface area contributed by atoms with E-state index in [0.717, 1.165) is 24.0 Å². The van der Waals surface area contributed by atoms with Crippen molar-refractivity contribution in [3.05, 3.63) is 41.0 Å². The second kappa shape index (κ2) is 8.43. The third kappa shape index (κ3) is 4.27. The molecule has 0 radical (unpaired) electrons. The first-order chi connectivity index (χ1) is 13.6. The van der Waals surface area contributed by atoms with Crippen molar-refractivity contribution in [2.75, 3.05) is 59.0 Å². The van der Waals surface area contributed by atoms with Crippen LogP contribution in [0.15, 0.2) is 30.3 Å². The van der Waals surface area contributed by atoms with Crippen molar-refractivity contribution >= 4 is 34.3 Å². The first-order valence-electron chi connectivity index (χ1n) is 9.53. The average Bonchev–Trinajstić information content (AvgIpc) is 2.73. The van der Waals surface area contributed by atoms with Crippen LogP contribution < -0.4 is 0 Å². The van der Waals surface area contributed by atoms with E-state index < -0.39 is 0 Å².